The van der Waals surface area contributed by atoms with Crippen LogP contribution in [0, 0.1) is 0 Å². The second-order valence-electron chi connectivity index (χ2n) is 2.77. The third kappa shape index (κ3) is 1.58. The fraction of sp³-hybridized carbons (Fsp3) is 1.00. The standard InChI is InChI=1S/C6H13NO5/c7-1-2-3(8)4(9)5(10)6(11)12-2/h2-6,8-11H,1,7H2/t2-,3+,4-,5+,6-/m1/s1. The molecule has 1 fully saturated rings. The van der Waals surface area contributed by atoms with E-state index in [1.165, 1.54) is 0 Å². The third-order valence-electron chi connectivity index (χ3n) is 1.92. The summed E-state index contributed by atoms with van der Waals surface area (Å²) in [4.78, 5) is 0. The van der Waals surface area contributed by atoms with Gasteiger partial charge in [-0.1, -0.05) is 0 Å². The number of rotatable bonds is 1. The van der Waals surface area contributed by atoms with Crippen molar-refractivity contribution >= 4 is 0 Å². The molecule has 0 aromatic heterocycles. The van der Waals surface area contributed by atoms with E-state index in [0.29, 0.717) is 0 Å². The molecule has 6 nitrogen and oxygen atoms in total. The molecule has 1 saturated heterocycles. The molecule has 6 N–H and O–H groups in total. The number of nitrogens with two attached hydrogens (primary N) is 1. The van der Waals surface area contributed by atoms with Gasteiger partial charge in [-0.05, 0) is 0 Å². The lowest BCUT2D eigenvalue weighted by Crippen LogP contribution is -2.59. The Labute approximate surface area is 69.2 Å². The second kappa shape index (κ2) is 3.65. The Morgan fingerprint density at radius 1 is 1.00 bits per heavy atom. The van der Waals surface area contributed by atoms with Gasteiger partial charge in [0.05, 0.1) is 0 Å². The Morgan fingerprint density at radius 2 is 1.58 bits per heavy atom. The van der Waals surface area contributed by atoms with Crippen molar-refractivity contribution < 1.29 is 25.2 Å². The van der Waals surface area contributed by atoms with E-state index in [-0.39, 0.29) is 6.54 Å². The summed E-state index contributed by atoms with van der Waals surface area (Å²) in [6.07, 6.45) is -6.48. The third-order valence-corrected chi connectivity index (χ3v) is 1.92. The number of aliphatic hydroxyl groups excluding tert-OH is 4. The molecule has 0 aromatic carbocycles. The van der Waals surface area contributed by atoms with E-state index in [1.54, 1.807) is 0 Å². The zero-order valence-corrected chi connectivity index (χ0v) is 6.37. The fourth-order valence-electron chi connectivity index (χ4n) is 1.13. The van der Waals surface area contributed by atoms with Gasteiger partial charge in [0.25, 0.3) is 0 Å². The quantitative estimate of drug-likeness (QED) is 0.288. The Bertz CT molecular complexity index is 150. The minimum atomic E-state index is -1.49. The normalized spacial score (nSPS) is 49.2. The Balaban J connectivity index is 2.63. The van der Waals surface area contributed by atoms with Crippen LogP contribution < -0.4 is 5.73 Å². The summed E-state index contributed by atoms with van der Waals surface area (Å²) in [5.41, 5.74) is 5.17. The van der Waals surface area contributed by atoms with Gasteiger partial charge in [0, 0.05) is 6.54 Å². The first kappa shape index (κ1) is 9.85. The highest BCUT2D eigenvalue weighted by Crippen LogP contribution is 2.18. The van der Waals surface area contributed by atoms with Crippen LogP contribution >= 0.6 is 0 Å². The van der Waals surface area contributed by atoms with Gasteiger partial charge in [0.1, 0.15) is 24.4 Å². The van der Waals surface area contributed by atoms with Crippen molar-refractivity contribution in [2.45, 2.75) is 30.7 Å². The van der Waals surface area contributed by atoms with Crippen LogP contribution in [0.4, 0.5) is 0 Å². The zero-order valence-electron chi connectivity index (χ0n) is 6.37. The van der Waals surface area contributed by atoms with Crippen LogP contribution in [0.25, 0.3) is 0 Å². The van der Waals surface area contributed by atoms with Gasteiger partial charge in [0.2, 0.25) is 0 Å². The highest BCUT2D eigenvalue weighted by Gasteiger charge is 2.42. The molecule has 6 heteroatoms. The molecule has 0 radical (unpaired) electrons. The number of aliphatic hydroxyl groups is 4. The molecule has 12 heavy (non-hydrogen) atoms. The Hall–Kier alpha value is -0.240. The molecule has 1 heterocycles. The number of hydrogen-bond acceptors (Lipinski definition) is 6. The van der Waals surface area contributed by atoms with E-state index >= 15 is 0 Å². The van der Waals surface area contributed by atoms with E-state index in [2.05, 4.69) is 0 Å². The predicted molar refractivity (Wildman–Crippen MR) is 38.0 cm³/mol. The highest BCUT2D eigenvalue weighted by atomic mass is 16.6. The van der Waals surface area contributed by atoms with Crippen LogP contribution in [0.5, 0.6) is 0 Å². The van der Waals surface area contributed by atoms with Crippen molar-refractivity contribution in [3.8, 4) is 0 Å². The first-order valence-electron chi connectivity index (χ1n) is 3.65. The molecule has 1 rings (SSSR count). The first-order chi connectivity index (χ1) is 5.57. The molecule has 0 unspecified atom stereocenters. The monoisotopic (exact) mass is 179 g/mol. The van der Waals surface area contributed by atoms with Crippen LogP contribution in [-0.4, -0.2) is 57.7 Å². The van der Waals surface area contributed by atoms with Crippen LogP contribution in [0.1, 0.15) is 0 Å². The minimum absolute atomic E-state index is 0.0258. The van der Waals surface area contributed by atoms with E-state index in [4.69, 9.17) is 25.8 Å². The van der Waals surface area contributed by atoms with Crippen molar-refractivity contribution in [3.63, 3.8) is 0 Å². The lowest BCUT2D eigenvalue weighted by atomic mass is 9.99. The van der Waals surface area contributed by atoms with Crippen molar-refractivity contribution in [1.29, 1.82) is 0 Å². The van der Waals surface area contributed by atoms with Gasteiger partial charge in [0.15, 0.2) is 6.29 Å². The molecule has 0 bridgehead atoms. The van der Waals surface area contributed by atoms with E-state index in [0.717, 1.165) is 0 Å². The molecule has 0 spiro atoms. The van der Waals surface area contributed by atoms with Crippen LogP contribution in [0.2, 0.25) is 0 Å². The van der Waals surface area contributed by atoms with Crippen molar-refractivity contribution in [3.05, 3.63) is 0 Å². The zero-order chi connectivity index (χ0) is 9.30. The summed E-state index contributed by atoms with van der Waals surface area (Å²) in [5, 5.41) is 36.3. The van der Waals surface area contributed by atoms with Crippen LogP contribution in [0.15, 0.2) is 0 Å². The molecule has 0 aromatic rings. The lowest BCUT2D eigenvalue weighted by molar-refractivity contribution is -0.279. The predicted octanol–water partition coefficient (Wildman–Crippen LogP) is -3.25. The summed E-state index contributed by atoms with van der Waals surface area (Å²) >= 11 is 0. The smallest absolute Gasteiger partial charge is 0.184 e. The lowest BCUT2D eigenvalue weighted by Gasteiger charge is -2.37. The summed E-state index contributed by atoms with van der Waals surface area (Å²) in [6, 6.07) is 0. The van der Waals surface area contributed by atoms with E-state index in [9.17, 15) is 5.11 Å². The minimum Gasteiger partial charge on any atom is -0.388 e. The molecular weight excluding hydrogens is 166 g/mol. The summed E-state index contributed by atoms with van der Waals surface area (Å²) in [7, 11) is 0. The molecule has 0 amide bonds. The van der Waals surface area contributed by atoms with E-state index in [1.807, 2.05) is 0 Å². The second-order valence-corrected chi connectivity index (χ2v) is 2.77. The van der Waals surface area contributed by atoms with Gasteiger partial charge in [-0.2, -0.15) is 0 Å². The molecule has 1 aliphatic rings. The average Bonchev–Trinajstić information content (AvgIpc) is 2.08. The maximum Gasteiger partial charge on any atom is 0.184 e. The molecule has 0 saturated carbocycles. The van der Waals surface area contributed by atoms with Gasteiger partial charge < -0.3 is 30.9 Å². The number of ether oxygens (including phenoxy) is 1. The molecular formula is C6H13NO5. The SMILES string of the molecule is NC[C@H]1O[C@@H](O)[C@@H](O)[C@H](O)[C@H]1O. The summed E-state index contributed by atoms with van der Waals surface area (Å²) < 4.78 is 4.70. The van der Waals surface area contributed by atoms with E-state index < -0.39 is 30.7 Å². The fourth-order valence-corrected chi connectivity index (χ4v) is 1.13. The number of hydrogen-bond donors (Lipinski definition) is 5. The van der Waals surface area contributed by atoms with Crippen LogP contribution in [-0.2, 0) is 4.74 Å². The average molecular weight is 179 g/mol. The Morgan fingerprint density at radius 3 is 2.08 bits per heavy atom. The largest absolute Gasteiger partial charge is 0.388 e. The molecule has 0 aliphatic carbocycles. The van der Waals surface area contributed by atoms with Gasteiger partial charge in [-0.25, -0.2) is 0 Å². The highest BCUT2D eigenvalue weighted by molar-refractivity contribution is 4.88. The van der Waals surface area contributed by atoms with Gasteiger partial charge in [-0.3, -0.25) is 0 Å². The van der Waals surface area contributed by atoms with Crippen molar-refractivity contribution in [2.24, 2.45) is 5.73 Å². The maximum absolute atomic E-state index is 9.20. The summed E-state index contributed by atoms with van der Waals surface area (Å²) in [5.74, 6) is 0. The van der Waals surface area contributed by atoms with Crippen molar-refractivity contribution in [2.75, 3.05) is 6.54 Å². The Kier molecular flexibility index (Phi) is 2.99. The topological polar surface area (TPSA) is 116 Å². The first-order valence-corrected chi connectivity index (χ1v) is 3.65. The molecule has 5 atom stereocenters. The maximum atomic E-state index is 9.20. The van der Waals surface area contributed by atoms with Gasteiger partial charge >= 0.3 is 0 Å². The van der Waals surface area contributed by atoms with Crippen LogP contribution in [0.3, 0.4) is 0 Å². The van der Waals surface area contributed by atoms with Crippen molar-refractivity contribution in [1.82, 2.24) is 0 Å². The van der Waals surface area contributed by atoms with Gasteiger partial charge in [-0.15, -0.1) is 0 Å². The molecule has 1 aliphatic heterocycles. The summed E-state index contributed by atoms with van der Waals surface area (Å²) in [6.45, 7) is -0.0258. The molecule has 72 valence electrons.